The molecule has 0 radical (unpaired) electrons. The van der Waals surface area contributed by atoms with Crippen LogP contribution in [-0.4, -0.2) is 23.9 Å². The standard InChI is InChI=1S/C10H19NO.C2H6/c1-3-10(12)11(2)9-7-5-4-6-8-9;1-2/h9H,3-8H2,1-2H3;1-2H3. The first kappa shape index (κ1) is 13.5. The number of amides is 1. The van der Waals surface area contributed by atoms with Gasteiger partial charge in [0.2, 0.25) is 5.91 Å². The van der Waals surface area contributed by atoms with Crippen LogP contribution in [-0.2, 0) is 4.79 Å². The SMILES string of the molecule is CC.CCC(=O)N(C)C1CCCCC1. The second-order valence-corrected chi connectivity index (χ2v) is 3.65. The number of hydrogen-bond donors (Lipinski definition) is 0. The summed E-state index contributed by atoms with van der Waals surface area (Å²) in [5, 5.41) is 0. The van der Waals surface area contributed by atoms with E-state index in [9.17, 15) is 4.79 Å². The van der Waals surface area contributed by atoms with Gasteiger partial charge < -0.3 is 4.90 Å². The Morgan fingerprint density at radius 1 is 1.21 bits per heavy atom. The highest BCUT2D eigenvalue weighted by molar-refractivity contribution is 5.75. The zero-order chi connectivity index (χ0) is 11.0. The molecule has 1 rings (SSSR count). The summed E-state index contributed by atoms with van der Waals surface area (Å²) in [6.07, 6.45) is 7.01. The van der Waals surface area contributed by atoms with E-state index in [2.05, 4.69) is 0 Å². The molecule has 0 aromatic rings. The maximum absolute atomic E-state index is 11.3. The molecule has 14 heavy (non-hydrogen) atoms. The monoisotopic (exact) mass is 199 g/mol. The Hall–Kier alpha value is -0.530. The average Bonchev–Trinajstić information content (AvgIpc) is 2.31. The van der Waals surface area contributed by atoms with Crippen LogP contribution >= 0.6 is 0 Å². The van der Waals surface area contributed by atoms with E-state index >= 15 is 0 Å². The summed E-state index contributed by atoms with van der Waals surface area (Å²) >= 11 is 0. The summed E-state index contributed by atoms with van der Waals surface area (Å²) in [5.74, 6) is 0.293. The van der Waals surface area contributed by atoms with Gasteiger partial charge in [0.1, 0.15) is 0 Å². The number of rotatable bonds is 2. The van der Waals surface area contributed by atoms with Crippen molar-refractivity contribution in [3.8, 4) is 0 Å². The van der Waals surface area contributed by atoms with Gasteiger partial charge in [-0.05, 0) is 12.8 Å². The molecule has 2 nitrogen and oxygen atoms in total. The molecule has 0 spiro atoms. The van der Waals surface area contributed by atoms with Crippen molar-refractivity contribution in [3.63, 3.8) is 0 Å². The number of hydrogen-bond acceptors (Lipinski definition) is 1. The molecule has 1 amide bonds. The zero-order valence-electron chi connectivity index (χ0n) is 10.2. The minimum atomic E-state index is 0.293. The van der Waals surface area contributed by atoms with Crippen LogP contribution in [0.3, 0.4) is 0 Å². The molecule has 1 aliphatic carbocycles. The minimum Gasteiger partial charge on any atom is -0.343 e. The van der Waals surface area contributed by atoms with Crippen molar-refractivity contribution in [2.45, 2.75) is 65.3 Å². The van der Waals surface area contributed by atoms with E-state index in [4.69, 9.17) is 0 Å². The van der Waals surface area contributed by atoms with E-state index in [1.54, 1.807) is 0 Å². The highest BCUT2D eigenvalue weighted by atomic mass is 16.2. The van der Waals surface area contributed by atoms with Crippen molar-refractivity contribution in [3.05, 3.63) is 0 Å². The van der Waals surface area contributed by atoms with Gasteiger partial charge in [0, 0.05) is 19.5 Å². The van der Waals surface area contributed by atoms with Crippen LogP contribution in [0.4, 0.5) is 0 Å². The minimum absolute atomic E-state index is 0.293. The van der Waals surface area contributed by atoms with Crippen LogP contribution in [0.15, 0.2) is 0 Å². The summed E-state index contributed by atoms with van der Waals surface area (Å²) in [7, 11) is 1.95. The lowest BCUT2D eigenvalue weighted by Crippen LogP contribution is -2.37. The van der Waals surface area contributed by atoms with Gasteiger partial charge in [0.05, 0.1) is 0 Å². The second-order valence-electron chi connectivity index (χ2n) is 3.65. The number of carbonyl (C=O) groups excluding carboxylic acids is 1. The van der Waals surface area contributed by atoms with Crippen LogP contribution in [0, 0.1) is 0 Å². The third kappa shape index (κ3) is 4.12. The molecule has 0 heterocycles. The topological polar surface area (TPSA) is 20.3 Å². The summed E-state index contributed by atoms with van der Waals surface area (Å²) in [5.41, 5.74) is 0. The molecule has 0 atom stereocenters. The number of carbonyl (C=O) groups is 1. The van der Waals surface area contributed by atoms with Crippen molar-refractivity contribution >= 4 is 5.91 Å². The van der Waals surface area contributed by atoms with E-state index in [1.165, 1.54) is 32.1 Å². The Morgan fingerprint density at radius 2 is 1.71 bits per heavy atom. The molecule has 0 aliphatic heterocycles. The van der Waals surface area contributed by atoms with E-state index in [1.807, 2.05) is 32.7 Å². The van der Waals surface area contributed by atoms with Crippen molar-refractivity contribution in [2.24, 2.45) is 0 Å². The first-order chi connectivity index (χ1) is 6.75. The van der Waals surface area contributed by atoms with Crippen LogP contribution < -0.4 is 0 Å². The fourth-order valence-corrected chi connectivity index (χ4v) is 1.92. The molecule has 1 saturated carbocycles. The Labute approximate surface area is 88.7 Å². The molecule has 0 bridgehead atoms. The molecule has 2 heteroatoms. The molecular weight excluding hydrogens is 174 g/mol. The summed E-state index contributed by atoms with van der Waals surface area (Å²) in [6, 6.07) is 0.534. The molecule has 1 fully saturated rings. The number of nitrogens with zero attached hydrogens (tertiary/aromatic N) is 1. The largest absolute Gasteiger partial charge is 0.343 e. The quantitative estimate of drug-likeness (QED) is 0.668. The van der Waals surface area contributed by atoms with Gasteiger partial charge in [-0.1, -0.05) is 40.0 Å². The van der Waals surface area contributed by atoms with Gasteiger partial charge in [-0.3, -0.25) is 4.79 Å². The van der Waals surface area contributed by atoms with Gasteiger partial charge >= 0.3 is 0 Å². The molecule has 0 aromatic heterocycles. The van der Waals surface area contributed by atoms with Crippen molar-refractivity contribution < 1.29 is 4.79 Å². The maximum Gasteiger partial charge on any atom is 0.222 e. The van der Waals surface area contributed by atoms with Gasteiger partial charge in [0.25, 0.3) is 0 Å². The van der Waals surface area contributed by atoms with E-state index in [-0.39, 0.29) is 0 Å². The Balaban J connectivity index is 0.000000791. The fourth-order valence-electron chi connectivity index (χ4n) is 1.92. The molecule has 84 valence electrons. The van der Waals surface area contributed by atoms with Crippen molar-refractivity contribution in [1.82, 2.24) is 4.90 Å². The fraction of sp³-hybridized carbons (Fsp3) is 0.917. The summed E-state index contributed by atoms with van der Waals surface area (Å²) < 4.78 is 0. The highest BCUT2D eigenvalue weighted by Crippen LogP contribution is 2.21. The Morgan fingerprint density at radius 3 is 2.14 bits per heavy atom. The third-order valence-electron chi connectivity index (χ3n) is 2.82. The molecule has 1 aliphatic rings. The van der Waals surface area contributed by atoms with Crippen LogP contribution in [0.1, 0.15) is 59.3 Å². The lowest BCUT2D eigenvalue weighted by Gasteiger charge is -2.31. The maximum atomic E-state index is 11.3. The van der Waals surface area contributed by atoms with Crippen LogP contribution in [0.2, 0.25) is 0 Å². The first-order valence-corrected chi connectivity index (χ1v) is 6.01. The zero-order valence-corrected chi connectivity index (χ0v) is 10.2. The van der Waals surface area contributed by atoms with Crippen LogP contribution in [0.5, 0.6) is 0 Å². The van der Waals surface area contributed by atoms with Gasteiger partial charge in [-0.2, -0.15) is 0 Å². The second kappa shape index (κ2) is 7.84. The van der Waals surface area contributed by atoms with Gasteiger partial charge in [-0.15, -0.1) is 0 Å². The molecule has 0 aromatic carbocycles. The summed E-state index contributed by atoms with van der Waals surface area (Å²) in [6.45, 7) is 5.93. The van der Waals surface area contributed by atoms with E-state index < -0.39 is 0 Å². The summed E-state index contributed by atoms with van der Waals surface area (Å²) in [4.78, 5) is 13.3. The van der Waals surface area contributed by atoms with E-state index in [0.29, 0.717) is 18.4 Å². The van der Waals surface area contributed by atoms with Crippen molar-refractivity contribution in [1.29, 1.82) is 0 Å². The normalized spacial score (nSPS) is 16.9. The van der Waals surface area contributed by atoms with E-state index in [0.717, 1.165) is 0 Å². The predicted molar refractivity (Wildman–Crippen MR) is 61.3 cm³/mol. The Kier molecular flexibility index (Phi) is 7.54. The van der Waals surface area contributed by atoms with Crippen molar-refractivity contribution in [2.75, 3.05) is 7.05 Å². The lowest BCUT2D eigenvalue weighted by atomic mass is 9.94. The van der Waals surface area contributed by atoms with Gasteiger partial charge in [-0.25, -0.2) is 0 Å². The average molecular weight is 199 g/mol. The Bertz CT molecular complexity index is 150. The molecule has 0 saturated heterocycles. The first-order valence-electron chi connectivity index (χ1n) is 6.01. The van der Waals surface area contributed by atoms with Crippen LogP contribution in [0.25, 0.3) is 0 Å². The molecule has 0 N–H and O–H groups in total. The lowest BCUT2D eigenvalue weighted by molar-refractivity contribution is -0.132. The highest BCUT2D eigenvalue weighted by Gasteiger charge is 2.20. The third-order valence-corrected chi connectivity index (χ3v) is 2.82. The predicted octanol–water partition coefficient (Wildman–Crippen LogP) is 3.21. The molecular formula is C12H25NO. The van der Waals surface area contributed by atoms with Gasteiger partial charge in [0.15, 0.2) is 0 Å². The molecule has 0 unspecified atom stereocenters. The smallest absolute Gasteiger partial charge is 0.222 e.